The van der Waals surface area contributed by atoms with E-state index in [1.807, 2.05) is 30.3 Å². The van der Waals surface area contributed by atoms with Crippen LogP contribution < -0.4 is 5.32 Å². The van der Waals surface area contributed by atoms with E-state index in [0.717, 1.165) is 5.56 Å². The molecule has 17 heavy (non-hydrogen) atoms. The Labute approximate surface area is 99.7 Å². The molecule has 1 rings (SSSR count). The number of nitrogens with one attached hydrogen (secondary N) is 1. The molecule has 5 heteroatoms. The van der Waals surface area contributed by atoms with E-state index in [1.165, 1.54) is 6.92 Å². The van der Waals surface area contributed by atoms with Crippen LogP contribution in [0, 0.1) is 0 Å². The molecule has 1 aromatic rings. The Hall–Kier alpha value is -1.43. The number of rotatable bonds is 5. The van der Waals surface area contributed by atoms with Crippen molar-refractivity contribution in [1.82, 2.24) is 5.32 Å². The van der Waals surface area contributed by atoms with Crippen molar-refractivity contribution in [3.8, 4) is 0 Å². The molecule has 94 valence electrons. The van der Waals surface area contributed by atoms with Crippen LogP contribution in [-0.2, 0) is 11.3 Å². The van der Waals surface area contributed by atoms with Crippen LogP contribution in [0.4, 0.5) is 0 Å². The molecule has 0 bridgehead atoms. The van der Waals surface area contributed by atoms with Gasteiger partial charge >= 0.3 is 0 Å². The number of hydrogen-bond acceptors (Lipinski definition) is 4. The van der Waals surface area contributed by atoms with E-state index in [0.29, 0.717) is 0 Å². The van der Waals surface area contributed by atoms with Crippen LogP contribution in [0.25, 0.3) is 0 Å². The van der Waals surface area contributed by atoms with Crippen molar-refractivity contribution in [3.05, 3.63) is 35.9 Å². The maximum atomic E-state index is 11.4. The van der Waals surface area contributed by atoms with Gasteiger partial charge < -0.3 is 20.6 Å². The van der Waals surface area contributed by atoms with E-state index in [2.05, 4.69) is 5.32 Å². The summed E-state index contributed by atoms with van der Waals surface area (Å²) in [4.78, 5) is 11.4. The molecule has 0 aliphatic heterocycles. The molecule has 5 nitrogen and oxygen atoms in total. The Bertz CT molecular complexity index is 353. The number of carbonyl (C=O) groups excluding carboxylic acids is 1. The predicted octanol–water partition coefficient (Wildman–Crippen LogP) is -0.595. The van der Waals surface area contributed by atoms with Gasteiger partial charge in [-0.1, -0.05) is 30.3 Å². The Morgan fingerprint density at radius 1 is 1.24 bits per heavy atom. The molecule has 0 spiro atoms. The van der Waals surface area contributed by atoms with E-state index in [9.17, 15) is 15.0 Å². The second-order valence-electron chi connectivity index (χ2n) is 3.88. The molecule has 4 N–H and O–H groups in total. The Kier molecular flexibility index (Phi) is 5.09. The monoisotopic (exact) mass is 239 g/mol. The van der Waals surface area contributed by atoms with Gasteiger partial charge in [-0.3, -0.25) is 4.79 Å². The van der Waals surface area contributed by atoms with Crippen molar-refractivity contribution in [1.29, 1.82) is 0 Å². The van der Waals surface area contributed by atoms with Crippen LogP contribution >= 0.6 is 0 Å². The summed E-state index contributed by atoms with van der Waals surface area (Å²) < 4.78 is 0. The van der Waals surface area contributed by atoms with Gasteiger partial charge in [0.1, 0.15) is 6.10 Å². The van der Waals surface area contributed by atoms with Crippen molar-refractivity contribution in [2.45, 2.75) is 31.8 Å². The predicted molar refractivity (Wildman–Crippen MR) is 62.0 cm³/mol. The van der Waals surface area contributed by atoms with E-state index in [4.69, 9.17) is 5.11 Å². The Morgan fingerprint density at radius 2 is 1.82 bits per heavy atom. The van der Waals surface area contributed by atoms with Gasteiger partial charge in [0.2, 0.25) is 0 Å². The molecule has 0 aliphatic carbocycles. The summed E-state index contributed by atoms with van der Waals surface area (Å²) in [6, 6.07) is 9.19. The molecule has 3 atom stereocenters. The van der Waals surface area contributed by atoms with E-state index < -0.39 is 24.2 Å². The van der Waals surface area contributed by atoms with Crippen molar-refractivity contribution in [2.75, 3.05) is 0 Å². The third kappa shape index (κ3) is 4.14. The highest BCUT2D eigenvalue weighted by molar-refractivity contribution is 5.81. The molecule has 0 heterocycles. The molecule has 0 saturated carbocycles. The van der Waals surface area contributed by atoms with Crippen LogP contribution in [-0.4, -0.2) is 39.5 Å². The normalized spacial score (nSPS) is 16.0. The highest BCUT2D eigenvalue weighted by Gasteiger charge is 2.27. The maximum absolute atomic E-state index is 11.4. The number of aliphatic hydroxyl groups is 3. The molecule has 0 radical (unpaired) electrons. The highest BCUT2D eigenvalue weighted by Crippen LogP contribution is 2.01. The number of carbonyl (C=O) groups is 1. The number of benzene rings is 1. The van der Waals surface area contributed by atoms with Crippen LogP contribution in [0.5, 0.6) is 0 Å². The minimum absolute atomic E-state index is 0.267. The van der Waals surface area contributed by atoms with Crippen molar-refractivity contribution in [3.63, 3.8) is 0 Å². The quantitative estimate of drug-likeness (QED) is 0.552. The molecule has 0 aliphatic rings. The standard InChI is InChI=1S/C12H17NO4/c1-8(14)10(15)11(16)12(17)13-7-9-5-3-2-4-6-9/h2-6,8,10-11,14-16H,7H2,1H3,(H,13,17)/t8-,10+,11+/m1/s1. The molecule has 1 amide bonds. The van der Waals surface area contributed by atoms with E-state index in [-0.39, 0.29) is 6.54 Å². The van der Waals surface area contributed by atoms with Gasteiger partial charge in [-0.15, -0.1) is 0 Å². The van der Waals surface area contributed by atoms with Crippen molar-refractivity contribution >= 4 is 5.91 Å². The third-order valence-corrected chi connectivity index (χ3v) is 2.40. The molecule has 0 saturated heterocycles. The molecular weight excluding hydrogens is 222 g/mol. The van der Waals surface area contributed by atoms with Gasteiger partial charge in [0.25, 0.3) is 5.91 Å². The average Bonchev–Trinajstić information content (AvgIpc) is 2.35. The number of aliphatic hydroxyl groups excluding tert-OH is 3. The first-order valence-electron chi connectivity index (χ1n) is 5.38. The zero-order valence-corrected chi connectivity index (χ0v) is 9.58. The summed E-state index contributed by atoms with van der Waals surface area (Å²) in [5.41, 5.74) is 0.889. The minimum Gasteiger partial charge on any atom is -0.391 e. The lowest BCUT2D eigenvalue weighted by Crippen LogP contribution is -2.46. The number of amides is 1. The molecule has 0 aromatic heterocycles. The van der Waals surface area contributed by atoms with Crippen LogP contribution in [0.2, 0.25) is 0 Å². The summed E-state index contributed by atoms with van der Waals surface area (Å²) in [5, 5.41) is 30.2. The second kappa shape index (κ2) is 6.34. The fourth-order valence-corrected chi connectivity index (χ4v) is 1.31. The van der Waals surface area contributed by atoms with Crippen LogP contribution in [0.15, 0.2) is 30.3 Å². The summed E-state index contributed by atoms with van der Waals surface area (Å²) in [6.45, 7) is 1.57. The van der Waals surface area contributed by atoms with Crippen LogP contribution in [0.3, 0.4) is 0 Å². The summed E-state index contributed by atoms with van der Waals surface area (Å²) in [5.74, 6) is -0.706. The molecular formula is C12H17NO4. The summed E-state index contributed by atoms with van der Waals surface area (Å²) in [7, 11) is 0. The first-order chi connectivity index (χ1) is 8.02. The lowest BCUT2D eigenvalue weighted by atomic mass is 10.1. The Morgan fingerprint density at radius 3 is 2.35 bits per heavy atom. The summed E-state index contributed by atoms with van der Waals surface area (Å²) in [6.07, 6.45) is -4.27. The van der Waals surface area contributed by atoms with Crippen LogP contribution in [0.1, 0.15) is 12.5 Å². The lowest BCUT2D eigenvalue weighted by Gasteiger charge is -2.19. The van der Waals surface area contributed by atoms with Crippen molar-refractivity contribution < 1.29 is 20.1 Å². The zero-order valence-electron chi connectivity index (χ0n) is 9.58. The van der Waals surface area contributed by atoms with Gasteiger partial charge in [0.05, 0.1) is 6.10 Å². The highest BCUT2D eigenvalue weighted by atomic mass is 16.4. The summed E-state index contributed by atoms with van der Waals surface area (Å²) >= 11 is 0. The third-order valence-electron chi connectivity index (χ3n) is 2.40. The zero-order chi connectivity index (χ0) is 12.8. The van der Waals surface area contributed by atoms with Crippen molar-refractivity contribution in [2.24, 2.45) is 0 Å². The Balaban J connectivity index is 2.45. The first kappa shape index (κ1) is 13.6. The molecule has 0 unspecified atom stereocenters. The van der Waals surface area contributed by atoms with Gasteiger partial charge in [0.15, 0.2) is 6.10 Å². The smallest absolute Gasteiger partial charge is 0.251 e. The van der Waals surface area contributed by atoms with Gasteiger partial charge in [-0.2, -0.15) is 0 Å². The van der Waals surface area contributed by atoms with E-state index in [1.54, 1.807) is 0 Å². The molecule has 0 fully saturated rings. The average molecular weight is 239 g/mol. The van der Waals surface area contributed by atoms with Gasteiger partial charge in [-0.25, -0.2) is 0 Å². The SMILES string of the molecule is C[C@@H](O)[C@H](O)[C@H](O)C(=O)NCc1ccccc1. The molecule has 1 aromatic carbocycles. The number of hydrogen-bond donors (Lipinski definition) is 4. The topological polar surface area (TPSA) is 89.8 Å². The first-order valence-corrected chi connectivity index (χ1v) is 5.38. The maximum Gasteiger partial charge on any atom is 0.251 e. The van der Waals surface area contributed by atoms with E-state index >= 15 is 0 Å². The lowest BCUT2D eigenvalue weighted by molar-refractivity contribution is -0.140. The fourth-order valence-electron chi connectivity index (χ4n) is 1.31. The largest absolute Gasteiger partial charge is 0.391 e. The minimum atomic E-state index is -1.63. The van der Waals surface area contributed by atoms with Gasteiger partial charge in [-0.05, 0) is 12.5 Å². The fraction of sp³-hybridized carbons (Fsp3) is 0.417. The second-order valence-corrected chi connectivity index (χ2v) is 3.88. The van der Waals surface area contributed by atoms with Gasteiger partial charge in [0, 0.05) is 6.54 Å².